The maximum Gasteiger partial charge on any atom is 0.419 e. The number of aromatic amines is 1. The van der Waals surface area contributed by atoms with Crippen molar-refractivity contribution in [2.75, 3.05) is 0 Å². The van der Waals surface area contributed by atoms with Crippen LogP contribution >= 0.6 is 0 Å². The molecule has 3 rings (SSSR count). The van der Waals surface area contributed by atoms with Crippen LogP contribution in [0.5, 0.6) is 0 Å². The van der Waals surface area contributed by atoms with Gasteiger partial charge in [-0.3, -0.25) is 9.59 Å². The number of nitriles is 1. The number of aromatic nitrogens is 1. The minimum atomic E-state index is -5.02. The lowest BCUT2D eigenvalue weighted by atomic mass is 9.97. The minimum Gasteiger partial charge on any atom is -0.349 e. The van der Waals surface area contributed by atoms with Gasteiger partial charge in [-0.15, -0.1) is 0 Å². The van der Waals surface area contributed by atoms with Crippen LogP contribution in [0, 0.1) is 29.9 Å². The van der Waals surface area contributed by atoms with Crippen molar-refractivity contribution >= 4 is 16.8 Å². The van der Waals surface area contributed by atoms with Crippen LogP contribution in [-0.2, 0) is 17.4 Å². The number of alkyl halides is 3. The summed E-state index contributed by atoms with van der Waals surface area (Å²) < 4.78 is 68.5. The predicted molar refractivity (Wildman–Crippen MR) is 110 cm³/mol. The molecule has 170 valence electrons. The second kappa shape index (κ2) is 8.42. The summed E-state index contributed by atoms with van der Waals surface area (Å²) in [6.45, 7) is 2.68. The lowest BCUT2D eigenvalue weighted by Gasteiger charge is -2.17. The second-order valence-electron chi connectivity index (χ2n) is 7.21. The molecule has 0 fully saturated rings. The molecule has 0 radical (unpaired) electrons. The number of rotatable bonds is 4. The van der Waals surface area contributed by atoms with E-state index in [1.165, 1.54) is 26.0 Å². The van der Waals surface area contributed by atoms with Crippen LogP contribution in [0.1, 0.15) is 43.6 Å². The normalized spacial score (nSPS) is 12.4. The van der Waals surface area contributed by atoms with Crippen LogP contribution in [0.15, 0.2) is 35.1 Å². The number of hydrogen-bond donors (Lipinski definition) is 2. The smallest absolute Gasteiger partial charge is 0.349 e. The maximum absolute atomic E-state index is 14.2. The van der Waals surface area contributed by atoms with E-state index in [1.807, 2.05) is 0 Å². The molecular formula is C22H20F5N3O2. The molecule has 0 saturated carbocycles. The van der Waals surface area contributed by atoms with E-state index >= 15 is 0 Å². The van der Waals surface area contributed by atoms with Crippen molar-refractivity contribution in [1.29, 1.82) is 5.26 Å². The Kier molecular flexibility index (Phi) is 6.03. The molecule has 10 heteroatoms. The van der Waals surface area contributed by atoms with Gasteiger partial charge in [-0.25, -0.2) is 8.78 Å². The Morgan fingerprint density at radius 3 is 2.50 bits per heavy atom. The summed E-state index contributed by atoms with van der Waals surface area (Å²) in [7, 11) is 0. The van der Waals surface area contributed by atoms with Gasteiger partial charge in [-0.2, -0.15) is 18.4 Å². The first kappa shape index (κ1) is 22.9. The van der Waals surface area contributed by atoms with Gasteiger partial charge in [0.15, 0.2) is 0 Å². The third kappa shape index (κ3) is 4.32. The van der Waals surface area contributed by atoms with E-state index in [1.54, 1.807) is 6.07 Å². The van der Waals surface area contributed by atoms with Gasteiger partial charge in [0, 0.05) is 24.9 Å². The van der Waals surface area contributed by atoms with E-state index < -0.39 is 52.7 Å². The Balaban J connectivity index is 0.00000289. The van der Waals surface area contributed by atoms with Crippen molar-refractivity contribution in [3.05, 3.63) is 80.1 Å². The van der Waals surface area contributed by atoms with Gasteiger partial charge >= 0.3 is 6.18 Å². The largest absolute Gasteiger partial charge is 0.419 e. The minimum absolute atomic E-state index is 0. The summed E-state index contributed by atoms with van der Waals surface area (Å²) >= 11 is 0. The van der Waals surface area contributed by atoms with Crippen molar-refractivity contribution in [3.8, 4) is 6.07 Å². The zero-order chi connectivity index (χ0) is 23.8. The lowest BCUT2D eigenvalue weighted by Crippen LogP contribution is -2.31. The molecule has 2 N–H and O–H groups in total. The topological polar surface area (TPSA) is 85.8 Å². The van der Waals surface area contributed by atoms with Gasteiger partial charge in [0.25, 0.3) is 5.56 Å². The van der Waals surface area contributed by atoms with Gasteiger partial charge in [0.05, 0.1) is 24.1 Å². The number of aryl methyl sites for hydroxylation is 1. The van der Waals surface area contributed by atoms with Gasteiger partial charge in [0.2, 0.25) is 5.91 Å². The average Bonchev–Trinajstić information content (AvgIpc) is 2.70. The Labute approximate surface area is 181 Å². The van der Waals surface area contributed by atoms with Crippen molar-refractivity contribution in [1.82, 2.24) is 10.3 Å². The zero-order valence-electron chi connectivity index (χ0n) is 16.8. The first-order valence-electron chi connectivity index (χ1n) is 9.34. The van der Waals surface area contributed by atoms with Crippen LogP contribution < -0.4 is 10.9 Å². The lowest BCUT2D eigenvalue weighted by molar-refractivity contribution is -0.138. The monoisotopic (exact) mass is 453 g/mol. The molecule has 32 heavy (non-hydrogen) atoms. The quantitative estimate of drug-likeness (QED) is 0.550. The third-order valence-corrected chi connectivity index (χ3v) is 5.10. The molecule has 0 bridgehead atoms. The third-order valence-electron chi connectivity index (χ3n) is 5.10. The molecule has 3 aromatic rings. The Morgan fingerprint density at radius 1 is 1.22 bits per heavy atom. The summed E-state index contributed by atoms with van der Waals surface area (Å²) in [5, 5.41) is 10.7. The fourth-order valence-corrected chi connectivity index (χ4v) is 3.56. The molecule has 1 heterocycles. The number of fused-ring (bicyclic) bond motifs is 1. The fraction of sp³-hybridized carbons (Fsp3) is 0.227. The summed E-state index contributed by atoms with van der Waals surface area (Å²) in [6.07, 6.45) is -5.62. The number of H-pyrrole nitrogens is 1. The number of pyridine rings is 1. The van der Waals surface area contributed by atoms with Crippen LogP contribution in [0.25, 0.3) is 10.9 Å². The first-order valence-corrected chi connectivity index (χ1v) is 9.34. The van der Waals surface area contributed by atoms with E-state index in [0.717, 1.165) is 12.1 Å². The molecule has 0 aliphatic rings. The van der Waals surface area contributed by atoms with Crippen LogP contribution in [-0.4, -0.2) is 10.9 Å². The predicted octanol–water partition coefficient (Wildman–Crippen LogP) is 4.92. The zero-order valence-corrected chi connectivity index (χ0v) is 16.8. The number of halogens is 5. The number of amides is 1. The van der Waals surface area contributed by atoms with E-state index in [2.05, 4.69) is 10.3 Å². The van der Waals surface area contributed by atoms with Crippen molar-refractivity contribution in [2.45, 2.75) is 32.5 Å². The highest BCUT2D eigenvalue weighted by atomic mass is 19.4. The second-order valence-corrected chi connectivity index (χ2v) is 7.21. The SMILES string of the molecule is Cc1c(CC(=O)N[C@H](C)c2ccc(C#N)cc2F)c(=O)[nH]c2ccc(F)c(C(F)(F)F)c12.[HH].[HH]. The summed E-state index contributed by atoms with van der Waals surface area (Å²) in [5.74, 6) is -2.97. The first-order chi connectivity index (χ1) is 14.9. The van der Waals surface area contributed by atoms with Crippen LogP contribution in [0.2, 0.25) is 0 Å². The Morgan fingerprint density at radius 2 is 1.91 bits per heavy atom. The van der Waals surface area contributed by atoms with E-state index in [-0.39, 0.29) is 30.6 Å². The maximum atomic E-state index is 14.2. The van der Waals surface area contributed by atoms with Crippen LogP contribution in [0.3, 0.4) is 0 Å². The highest BCUT2D eigenvalue weighted by Gasteiger charge is 2.37. The van der Waals surface area contributed by atoms with E-state index in [0.29, 0.717) is 6.07 Å². The number of hydrogen-bond acceptors (Lipinski definition) is 3. The molecule has 0 unspecified atom stereocenters. The highest BCUT2D eigenvalue weighted by Crippen LogP contribution is 2.37. The number of benzene rings is 2. The molecule has 1 atom stereocenters. The Bertz CT molecular complexity index is 1330. The molecule has 0 spiro atoms. The number of carbonyl (C=O) groups excluding carboxylic acids is 1. The van der Waals surface area contributed by atoms with Crippen LogP contribution in [0.4, 0.5) is 22.0 Å². The summed E-state index contributed by atoms with van der Waals surface area (Å²) in [6, 6.07) is 6.26. The summed E-state index contributed by atoms with van der Waals surface area (Å²) in [4.78, 5) is 27.2. The fourth-order valence-electron chi connectivity index (χ4n) is 3.56. The number of nitrogens with zero attached hydrogens (tertiary/aromatic N) is 1. The number of nitrogens with one attached hydrogen (secondary N) is 2. The van der Waals surface area contributed by atoms with Crippen molar-refractivity contribution in [3.63, 3.8) is 0 Å². The molecule has 1 amide bonds. The summed E-state index contributed by atoms with van der Waals surface area (Å²) in [5.41, 5.74) is -2.79. The molecule has 1 aromatic heterocycles. The number of carbonyl (C=O) groups is 1. The van der Waals surface area contributed by atoms with Gasteiger partial charge in [0.1, 0.15) is 17.2 Å². The van der Waals surface area contributed by atoms with Gasteiger partial charge in [-0.05, 0) is 43.7 Å². The van der Waals surface area contributed by atoms with Crippen molar-refractivity contribution in [2.24, 2.45) is 0 Å². The highest BCUT2D eigenvalue weighted by molar-refractivity contribution is 5.89. The standard InChI is InChI=1S/C22H16F5N3O2.2H2/c1-10-14(8-18(31)29-11(2)13-4-3-12(9-28)7-16(13)24)21(32)30-17-6-5-15(23)20(19(10)17)22(25,26)27;;/h3-7,11H,8H2,1-2H3,(H,29,31)(H,30,32);2*1H/t11-;;/m1../s1. The van der Waals surface area contributed by atoms with E-state index in [4.69, 9.17) is 5.26 Å². The molecule has 0 aliphatic carbocycles. The van der Waals surface area contributed by atoms with Gasteiger partial charge in [-0.1, -0.05) is 6.07 Å². The van der Waals surface area contributed by atoms with Gasteiger partial charge < -0.3 is 10.3 Å². The van der Waals surface area contributed by atoms with E-state index in [9.17, 15) is 31.5 Å². The molecule has 5 nitrogen and oxygen atoms in total. The molecule has 2 aromatic carbocycles. The molecule has 0 saturated heterocycles. The van der Waals surface area contributed by atoms with Crippen molar-refractivity contribution < 1.29 is 29.6 Å². The average molecular weight is 453 g/mol. The molecule has 0 aliphatic heterocycles. The molecular weight excluding hydrogens is 433 g/mol. The Hall–Kier alpha value is -3.74.